The van der Waals surface area contributed by atoms with Gasteiger partial charge >= 0.3 is 23.9 Å². The van der Waals surface area contributed by atoms with Crippen LogP contribution in [-0.4, -0.2) is 76.3 Å². The molecule has 0 saturated heterocycles. The minimum Gasteiger partial charge on any atom is -0.461 e. The van der Waals surface area contributed by atoms with E-state index in [0.29, 0.717) is 11.1 Å². The molecule has 0 unspecified atom stereocenters. The van der Waals surface area contributed by atoms with Gasteiger partial charge in [0.05, 0.1) is 18.3 Å². The zero-order valence-electron chi connectivity index (χ0n) is 23.8. The van der Waals surface area contributed by atoms with Crippen molar-refractivity contribution in [1.29, 1.82) is 0 Å². The smallest absolute Gasteiger partial charge is 0.307 e. The summed E-state index contributed by atoms with van der Waals surface area (Å²) in [4.78, 5) is 48.0. The molecule has 2 aliphatic carbocycles. The molecule has 2 aliphatic rings. The fourth-order valence-electron chi connectivity index (χ4n) is 5.42. The Hall–Kier alpha value is -3.02. The van der Waals surface area contributed by atoms with Gasteiger partial charge in [-0.2, -0.15) is 0 Å². The third-order valence-electron chi connectivity index (χ3n) is 7.35. The summed E-state index contributed by atoms with van der Waals surface area (Å²) >= 11 is 0. The summed E-state index contributed by atoms with van der Waals surface area (Å²) in [5, 5.41) is 33.6. The lowest BCUT2D eigenvalue weighted by atomic mass is 9.60. The van der Waals surface area contributed by atoms with Crippen molar-refractivity contribution in [2.45, 2.75) is 98.8 Å². The van der Waals surface area contributed by atoms with E-state index in [9.17, 15) is 34.5 Å². The Labute approximate surface area is 228 Å². The molecule has 218 valence electrons. The first-order valence-electron chi connectivity index (χ1n) is 12.8. The average molecular weight is 553 g/mol. The standard InChI is InChI=1S/C28H40O11/c1-13-21(33)11-22(34)19(12-36-15(3)29)9-23(35)20-10-24(37-16(4)30)14(2)25(28(20,7)8)27(39-18(6)32)26(13)38-17(5)31/h9,20-24,27,33-35H,10-12H2,1-8H3/b19-9+,26-13-/t20-,21+,22-,23-,24-,27+/m0/s1. The molecule has 39 heavy (non-hydrogen) atoms. The van der Waals surface area contributed by atoms with Gasteiger partial charge in [-0.15, -0.1) is 0 Å². The quantitative estimate of drug-likeness (QED) is 0.259. The molecule has 0 amide bonds. The van der Waals surface area contributed by atoms with Crippen LogP contribution >= 0.6 is 0 Å². The Morgan fingerprint density at radius 3 is 1.95 bits per heavy atom. The highest BCUT2D eigenvalue weighted by Gasteiger charge is 2.50. The van der Waals surface area contributed by atoms with Crippen molar-refractivity contribution in [3.63, 3.8) is 0 Å². The van der Waals surface area contributed by atoms with E-state index in [2.05, 4.69) is 0 Å². The molecule has 0 aromatic rings. The monoisotopic (exact) mass is 552 g/mol. The zero-order chi connectivity index (χ0) is 29.8. The number of hydrogen-bond acceptors (Lipinski definition) is 11. The zero-order valence-corrected chi connectivity index (χ0v) is 23.8. The van der Waals surface area contributed by atoms with Crippen LogP contribution in [-0.2, 0) is 38.1 Å². The topological polar surface area (TPSA) is 166 Å². The van der Waals surface area contributed by atoms with Gasteiger partial charge in [0.25, 0.3) is 0 Å². The van der Waals surface area contributed by atoms with Gasteiger partial charge in [0.2, 0.25) is 0 Å². The van der Waals surface area contributed by atoms with Crippen LogP contribution < -0.4 is 0 Å². The minimum absolute atomic E-state index is 0.116. The predicted octanol–water partition coefficient (Wildman–Crippen LogP) is 2.03. The molecular weight excluding hydrogens is 512 g/mol. The van der Waals surface area contributed by atoms with Crippen LogP contribution in [0.2, 0.25) is 0 Å². The molecule has 2 bridgehead atoms. The molecule has 0 aromatic carbocycles. The lowest BCUT2D eigenvalue weighted by Gasteiger charge is -2.48. The van der Waals surface area contributed by atoms with Crippen LogP contribution in [0.3, 0.4) is 0 Å². The minimum atomic E-state index is -1.39. The fraction of sp³-hybridized carbons (Fsp3) is 0.643. The lowest BCUT2D eigenvalue weighted by Crippen LogP contribution is -2.48. The highest BCUT2D eigenvalue weighted by atomic mass is 16.6. The summed E-state index contributed by atoms with van der Waals surface area (Å²) in [5.74, 6) is -3.43. The molecule has 0 aliphatic heterocycles. The van der Waals surface area contributed by atoms with E-state index in [1.807, 2.05) is 0 Å². The normalized spacial score (nSPS) is 32.5. The summed E-state index contributed by atoms with van der Waals surface area (Å²) in [7, 11) is 0. The van der Waals surface area contributed by atoms with Crippen molar-refractivity contribution < 1.29 is 53.4 Å². The van der Waals surface area contributed by atoms with Crippen LogP contribution in [0.1, 0.15) is 68.2 Å². The Kier molecular flexibility index (Phi) is 10.6. The van der Waals surface area contributed by atoms with E-state index in [1.54, 1.807) is 20.8 Å². The molecule has 0 spiro atoms. The molecule has 6 atom stereocenters. The van der Waals surface area contributed by atoms with Gasteiger partial charge in [-0.1, -0.05) is 19.9 Å². The molecule has 11 heteroatoms. The van der Waals surface area contributed by atoms with E-state index < -0.39 is 65.7 Å². The van der Waals surface area contributed by atoms with Gasteiger partial charge in [0, 0.05) is 40.0 Å². The molecule has 0 heterocycles. The maximum atomic E-state index is 12.3. The second kappa shape index (κ2) is 12.9. The fourth-order valence-corrected chi connectivity index (χ4v) is 5.42. The first kappa shape index (κ1) is 32.2. The van der Waals surface area contributed by atoms with Crippen molar-refractivity contribution in [1.82, 2.24) is 0 Å². The molecule has 0 fully saturated rings. The largest absolute Gasteiger partial charge is 0.461 e. The van der Waals surface area contributed by atoms with Crippen molar-refractivity contribution in [3.8, 4) is 0 Å². The number of hydrogen-bond donors (Lipinski definition) is 3. The van der Waals surface area contributed by atoms with Crippen molar-refractivity contribution in [2.24, 2.45) is 11.3 Å². The second-order valence-corrected chi connectivity index (χ2v) is 10.7. The average Bonchev–Trinajstić information content (AvgIpc) is 2.79. The molecule has 11 nitrogen and oxygen atoms in total. The van der Waals surface area contributed by atoms with Crippen LogP contribution in [0, 0.1) is 11.3 Å². The maximum Gasteiger partial charge on any atom is 0.307 e. The molecule has 0 saturated carbocycles. The number of aliphatic hydroxyl groups excluding tert-OH is 3. The van der Waals surface area contributed by atoms with Crippen molar-refractivity contribution in [3.05, 3.63) is 34.1 Å². The Bertz CT molecular complexity index is 1080. The van der Waals surface area contributed by atoms with Gasteiger partial charge in [0.15, 0.2) is 11.9 Å². The number of ether oxygens (including phenoxy) is 4. The molecule has 0 aromatic heterocycles. The number of aliphatic hydroxyl groups is 3. The maximum absolute atomic E-state index is 12.3. The van der Waals surface area contributed by atoms with Crippen LogP contribution in [0.5, 0.6) is 0 Å². The third-order valence-corrected chi connectivity index (χ3v) is 7.35. The second-order valence-electron chi connectivity index (χ2n) is 10.7. The summed E-state index contributed by atoms with van der Waals surface area (Å²) in [5.41, 5.74) is 0.273. The highest BCUT2D eigenvalue weighted by molar-refractivity contribution is 5.70. The number of fused-ring (bicyclic) bond motifs is 2. The Morgan fingerprint density at radius 1 is 0.846 bits per heavy atom. The first-order chi connectivity index (χ1) is 18.0. The number of carbonyl (C=O) groups excluding carboxylic acids is 4. The van der Waals surface area contributed by atoms with E-state index in [4.69, 9.17) is 18.9 Å². The van der Waals surface area contributed by atoms with Crippen LogP contribution in [0.15, 0.2) is 34.1 Å². The predicted molar refractivity (Wildman–Crippen MR) is 138 cm³/mol. The Morgan fingerprint density at radius 2 is 1.44 bits per heavy atom. The molecular formula is C28H40O11. The number of rotatable bonds is 5. The number of carbonyl (C=O) groups is 4. The van der Waals surface area contributed by atoms with Gasteiger partial charge < -0.3 is 34.3 Å². The van der Waals surface area contributed by atoms with Gasteiger partial charge in [-0.05, 0) is 48.0 Å². The number of esters is 4. The third kappa shape index (κ3) is 7.77. The van der Waals surface area contributed by atoms with Crippen molar-refractivity contribution in [2.75, 3.05) is 6.61 Å². The van der Waals surface area contributed by atoms with E-state index in [0.717, 1.165) is 6.92 Å². The summed E-state index contributed by atoms with van der Waals surface area (Å²) in [6.07, 6.45) is -4.89. The van der Waals surface area contributed by atoms with E-state index in [-0.39, 0.29) is 36.4 Å². The van der Waals surface area contributed by atoms with Crippen LogP contribution in [0.25, 0.3) is 0 Å². The summed E-state index contributed by atoms with van der Waals surface area (Å²) in [6, 6.07) is 0. The van der Waals surface area contributed by atoms with Crippen molar-refractivity contribution >= 4 is 23.9 Å². The summed E-state index contributed by atoms with van der Waals surface area (Å²) < 4.78 is 21.9. The van der Waals surface area contributed by atoms with E-state index in [1.165, 1.54) is 33.8 Å². The molecule has 2 rings (SSSR count). The Balaban J connectivity index is 2.95. The van der Waals surface area contributed by atoms with Gasteiger partial charge in [0.1, 0.15) is 12.7 Å². The first-order valence-corrected chi connectivity index (χ1v) is 12.8. The SMILES string of the molecule is CC(=O)OC/C1=C\[C@H](O)[C@@H]2C[C@H](OC(C)=O)C(C)=C([C@@H](OC(C)=O)/C(OC(C)=O)=C(\C)[C@H](O)C[C@@H]1O)C2(C)C. The lowest BCUT2D eigenvalue weighted by molar-refractivity contribution is -0.151. The van der Waals surface area contributed by atoms with Gasteiger partial charge in [-0.25, -0.2) is 0 Å². The van der Waals surface area contributed by atoms with E-state index >= 15 is 0 Å². The highest BCUT2D eigenvalue weighted by Crippen LogP contribution is 2.51. The van der Waals surface area contributed by atoms with Crippen LogP contribution in [0.4, 0.5) is 0 Å². The summed E-state index contributed by atoms with van der Waals surface area (Å²) in [6.45, 7) is 11.3. The van der Waals surface area contributed by atoms with Gasteiger partial charge in [-0.3, -0.25) is 19.2 Å². The molecule has 3 N–H and O–H groups in total. The molecule has 0 radical (unpaired) electrons.